The van der Waals surface area contributed by atoms with Crippen LogP contribution in [0.4, 0.5) is 0 Å². The van der Waals surface area contributed by atoms with Crippen molar-refractivity contribution in [2.45, 2.75) is 38.0 Å². The van der Waals surface area contributed by atoms with Gasteiger partial charge in [0.1, 0.15) is 11.5 Å². The molecule has 2 aromatic carbocycles. The van der Waals surface area contributed by atoms with Gasteiger partial charge in [-0.1, -0.05) is 31.4 Å². The lowest BCUT2D eigenvalue weighted by molar-refractivity contribution is 0.174. The molecule has 0 unspecified atom stereocenters. The Balaban J connectivity index is 1.25. The Labute approximate surface area is 206 Å². The second-order valence-electron chi connectivity index (χ2n) is 9.06. The van der Waals surface area contributed by atoms with Crippen LogP contribution in [-0.2, 0) is 0 Å². The van der Waals surface area contributed by atoms with Gasteiger partial charge in [0.05, 0.1) is 17.5 Å². The van der Waals surface area contributed by atoms with E-state index in [1.54, 1.807) is 6.20 Å². The summed E-state index contributed by atoms with van der Waals surface area (Å²) >= 11 is 0. The zero-order valence-corrected chi connectivity index (χ0v) is 19.4. The average molecular weight is 482 g/mol. The molecule has 1 fully saturated rings. The van der Waals surface area contributed by atoms with Crippen molar-refractivity contribution in [1.29, 1.82) is 0 Å². The number of hydrogen-bond acceptors (Lipinski definition) is 8. The number of hydrogen-bond donors (Lipinski definition) is 1. The third-order valence-electron chi connectivity index (χ3n) is 6.89. The Kier molecular flexibility index (Phi) is 5.00. The van der Waals surface area contributed by atoms with E-state index in [0.29, 0.717) is 23.2 Å². The zero-order chi connectivity index (χ0) is 23.9. The molecule has 1 aliphatic heterocycles. The van der Waals surface area contributed by atoms with E-state index < -0.39 is 0 Å². The normalized spacial score (nSPS) is 15.4. The largest absolute Gasteiger partial charge is 0.457 e. The van der Waals surface area contributed by atoms with Gasteiger partial charge < -0.3 is 14.2 Å². The lowest BCUT2D eigenvalue weighted by Crippen LogP contribution is -2.12. The lowest BCUT2D eigenvalue weighted by Gasteiger charge is -2.25. The van der Waals surface area contributed by atoms with Crippen LogP contribution in [0.25, 0.3) is 28.2 Å². The van der Waals surface area contributed by atoms with Crippen LogP contribution < -0.4 is 14.2 Å². The summed E-state index contributed by atoms with van der Waals surface area (Å²) in [6.07, 6.45) is 9.69. The van der Waals surface area contributed by atoms with Crippen LogP contribution >= 0.6 is 0 Å². The first-order valence-electron chi connectivity index (χ1n) is 12.1. The summed E-state index contributed by atoms with van der Waals surface area (Å²) in [5.74, 6) is 3.76. The maximum atomic E-state index is 6.06. The highest BCUT2D eigenvalue weighted by Crippen LogP contribution is 2.40. The molecule has 7 rings (SSSR count). The molecular formula is C26H23N7O3. The average Bonchev–Trinajstić information content (AvgIpc) is 3.69. The predicted molar refractivity (Wildman–Crippen MR) is 130 cm³/mol. The number of fused-ring (bicyclic) bond motifs is 2. The fraction of sp³-hybridized carbons (Fsp3) is 0.269. The van der Waals surface area contributed by atoms with E-state index in [1.807, 2.05) is 41.0 Å². The first kappa shape index (κ1) is 20.9. The maximum Gasteiger partial charge on any atom is 0.231 e. The summed E-state index contributed by atoms with van der Waals surface area (Å²) in [6, 6.07) is 13.7. The molecule has 0 atom stereocenters. The van der Waals surface area contributed by atoms with Crippen molar-refractivity contribution in [3.05, 3.63) is 60.6 Å². The van der Waals surface area contributed by atoms with Gasteiger partial charge in [-0.25, -0.2) is 9.50 Å². The zero-order valence-electron chi connectivity index (χ0n) is 19.4. The second kappa shape index (κ2) is 8.63. The quantitative estimate of drug-likeness (QED) is 0.367. The Morgan fingerprint density at radius 1 is 0.889 bits per heavy atom. The van der Waals surface area contributed by atoms with Crippen molar-refractivity contribution in [1.82, 2.24) is 35.2 Å². The fourth-order valence-corrected chi connectivity index (χ4v) is 5.15. The number of nitrogens with one attached hydrogen (secondary N) is 1. The van der Waals surface area contributed by atoms with Crippen LogP contribution in [-0.4, -0.2) is 42.0 Å². The molecule has 180 valence electrons. The molecular weight excluding hydrogens is 458 g/mol. The third-order valence-corrected chi connectivity index (χ3v) is 6.89. The number of aromatic nitrogens is 7. The van der Waals surface area contributed by atoms with E-state index in [9.17, 15) is 0 Å². The molecule has 1 aliphatic carbocycles. The van der Waals surface area contributed by atoms with Crippen molar-refractivity contribution in [2.24, 2.45) is 0 Å². The number of H-pyrrole nitrogens is 1. The summed E-state index contributed by atoms with van der Waals surface area (Å²) in [4.78, 5) is 4.77. The SMILES string of the molecule is c1cc(-c2cnc3c(-c4nn[nH]n4)cnn3c2C2CCCCC2)ccc1Oc1ccc2c(c1)OCO2. The fourth-order valence-electron chi connectivity index (χ4n) is 5.15. The van der Waals surface area contributed by atoms with Gasteiger partial charge in [0.25, 0.3) is 0 Å². The van der Waals surface area contributed by atoms with E-state index in [4.69, 9.17) is 24.3 Å². The molecule has 0 saturated heterocycles. The molecule has 0 amide bonds. The van der Waals surface area contributed by atoms with Crippen molar-refractivity contribution < 1.29 is 14.2 Å². The Hall–Kier alpha value is -4.47. The van der Waals surface area contributed by atoms with Crippen molar-refractivity contribution in [3.8, 4) is 45.5 Å². The Bertz CT molecular complexity index is 1520. The summed E-state index contributed by atoms with van der Waals surface area (Å²) in [7, 11) is 0. The molecule has 1 saturated carbocycles. The van der Waals surface area contributed by atoms with Crippen LogP contribution in [0.15, 0.2) is 54.9 Å². The van der Waals surface area contributed by atoms with Crippen LogP contribution in [0.2, 0.25) is 0 Å². The molecule has 0 radical (unpaired) electrons. The van der Waals surface area contributed by atoms with Gasteiger partial charge in [0, 0.05) is 23.7 Å². The topological polar surface area (TPSA) is 112 Å². The van der Waals surface area contributed by atoms with Gasteiger partial charge in [-0.2, -0.15) is 10.3 Å². The number of rotatable bonds is 5. The molecule has 10 heteroatoms. The van der Waals surface area contributed by atoms with Crippen LogP contribution in [0, 0.1) is 0 Å². The number of ether oxygens (including phenoxy) is 3. The molecule has 4 heterocycles. The van der Waals surface area contributed by atoms with E-state index in [-0.39, 0.29) is 6.79 Å². The highest BCUT2D eigenvalue weighted by molar-refractivity contribution is 5.75. The molecule has 10 nitrogen and oxygen atoms in total. The maximum absolute atomic E-state index is 6.06. The van der Waals surface area contributed by atoms with Gasteiger partial charge in [0.2, 0.25) is 12.6 Å². The second-order valence-corrected chi connectivity index (χ2v) is 9.06. The van der Waals surface area contributed by atoms with Crippen molar-refractivity contribution >= 4 is 5.65 Å². The third kappa shape index (κ3) is 3.62. The van der Waals surface area contributed by atoms with E-state index in [0.717, 1.165) is 46.7 Å². The standard InChI is InChI=1S/C26H23N7O3/c1-2-4-17(5-3-1)24-20(13-27-26-21(14-28-33(24)26)25-29-31-32-30-25)16-6-8-18(9-7-16)36-19-10-11-22-23(12-19)35-15-34-22/h6-14,17H,1-5,15H2,(H,29,30,31,32). The predicted octanol–water partition coefficient (Wildman–Crippen LogP) is 5.15. The van der Waals surface area contributed by atoms with Crippen LogP contribution in [0.3, 0.4) is 0 Å². The first-order chi connectivity index (χ1) is 17.8. The number of aromatic amines is 1. The number of tetrazole rings is 1. The van der Waals surface area contributed by atoms with Gasteiger partial charge in [-0.05, 0) is 47.9 Å². The van der Waals surface area contributed by atoms with Gasteiger partial charge >= 0.3 is 0 Å². The Morgan fingerprint density at radius 2 is 1.72 bits per heavy atom. The van der Waals surface area contributed by atoms with Gasteiger partial charge in [-0.3, -0.25) is 0 Å². The van der Waals surface area contributed by atoms with Gasteiger partial charge in [0.15, 0.2) is 17.1 Å². The molecule has 0 spiro atoms. The summed E-state index contributed by atoms with van der Waals surface area (Å²) in [6.45, 7) is 0.238. The first-order valence-corrected chi connectivity index (χ1v) is 12.1. The summed E-state index contributed by atoms with van der Waals surface area (Å²) in [5, 5.41) is 19.2. The van der Waals surface area contributed by atoms with Crippen LogP contribution in [0.5, 0.6) is 23.0 Å². The number of benzene rings is 2. The summed E-state index contributed by atoms with van der Waals surface area (Å²) in [5.41, 5.74) is 4.83. The molecule has 3 aromatic heterocycles. The van der Waals surface area contributed by atoms with E-state index in [1.165, 1.54) is 25.0 Å². The molecule has 36 heavy (non-hydrogen) atoms. The summed E-state index contributed by atoms with van der Waals surface area (Å²) < 4.78 is 18.9. The highest BCUT2D eigenvalue weighted by atomic mass is 16.7. The number of nitrogens with zero attached hydrogens (tertiary/aromatic N) is 6. The van der Waals surface area contributed by atoms with Gasteiger partial charge in [-0.15, -0.1) is 10.2 Å². The Morgan fingerprint density at radius 3 is 2.56 bits per heavy atom. The monoisotopic (exact) mass is 481 g/mol. The molecule has 0 bridgehead atoms. The smallest absolute Gasteiger partial charge is 0.231 e. The highest BCUT2D eigenvalue weighted by Gasteiger charge is 2.25. The van der Waals surface area contributed by atoms with E-state index in [2.05, 4.69) is 32.8 Å². The van der Waals surface area contributed by atoms with E-state index >= 15 is 0 Å². The molecule has 5 aromatic rings. The van der Waals surface area contributed by atoms with Crippen molar-refractivity contribution in [3.63, 3.8) is 0 Å². The molecule has 1 N–H and O–H groups in total. The minimum Gasteiger partial charge on any atom is -0.457 e. The molecule has 2 aliphatic rings. The lowest BCUT2D eigenvalue weighted by atomic mass is 9.84. The minimum absolute atomic E-state index is 0.238. The van der Waals surface area contributed by atoms with Crippen LogP contribution in [0.1, 0.15) is 43.7 Å². The minimum atomic E-state index is 0.238. The van der Waals surface area contributed by atoms with Crippen molar-refractivity contribution in [2.75, 3.05) is 6.79 Å².